The van der Waals surface area contributed by atoms with Gasteiger partial charge in [0.2, 0.25) is 0 Å². The minimum absolute atomic E-state index is 0.00776. The molecule has 0 radical (unpaired) electrons. The van der Waals surface area contributed by atoms with Crippen molar-refractivity contribution in [1.29, 1.82) is 0 Å². The molecule has 0 saturated heterocycles. The van der Waals surface area contributed by atoms with Crippen molar-refractivity contribution in [2.24, 2.45) is 0 Å². The fourth-order valence-corrected chi connectivity index (χ4v) is 2.25. The second-order valence-electron chi connectivity index (χ2n) is 3.51. The molecule has 76 valence electrons. The van der Waals surface area contributed by atoms with E-state index in [4.69, 9.17) is 0 Å². The molecule has 1 aliphatic heterocycles. The Morgan fingerprint density at radius 1 is 1.40 bits per heavy atom. The van der Waals surface area contributed by atoms with Crippen molar-refractivity contribution >= 4 is 32.9 Å². The Morgan fingerprint density at radius 3 is 3.13 bits per heavy atom. The molecule has 2 aromatic rings. The van der Waals surface area contributed by atoms with Gasteiger partial charge in [0.25, 0.3) is 5.91 Å². The number of fused-ring (bicyclic) bond motifs is 3. The molecule has 5 heteroatoms. The van der Waals surface area contributed by atoms with Gasteiger partial charge >= 0.3 is 0 Å². The Morgan fingerprint density at radius 2 is 2.27 bits per heavy atom. The molecule has 2 N–H and O–H groups in total. The van der Waals surface area contributed by atoms with Crippen LogP contribution in [0.4, 0.5) is 0 Å². The van der Waals surface area contributed by atoms with Crippen LogP contribution in [0.5, 0.6) is 0 Å². The molecule has 0 atom stereocenters. The number of amides is 1. The Labute approximate surface area is 94.2 Å². The molecule has 15 heavy (non-hydrogen) atoms. The summed E-state index contributed by atoms with van der Waals surface area (Å²) in [4.78, 5) is 19.2. The van der Waals surface area contributed by atoms with Gasteiger partial charge in [-0.15, -0.1) is 0 Å². The number of carbonyl (C=O) groups excluding carboxylic acids is 1. The second-order valence-corrected chi connectivity index (χ2v) is 4.33. The zero-order valence-corrected chi connectivity index (χ0v) is 9.39. The number of carbonyl (C=O) groups is 1. The van der Waals surface area contributed by atoms with E-state index >= 15 is 0 Å². The lowest BCUT2D eigenvalue weighted by Gasteiger charge is -2.11. The smallest absolute Gasteiger partial charge is 0.253 e. The van der Waals surface area contributed by atoms with Gasteiger partial charge in [0.05, 0.1) is 5.56 Å². The average Bonchev–Trinajstić information content (AvgIpc) is 2.56. The van der Waals surface area contributed by atoms with Gasteiger partial charge in [-0.2, -0.15) is 0 Å². The fourth-order valence-electron chi connectivity index (χ4n) is 1.94. The first kappa shape index (κ1) is 8.91. The van der Waals surface area contributed by atoms with E-state index in [9.17, 15) is 4.79 Å². The number of hydrogen-bond acceptors (Lipinski definition) is 2. The SMILES string of the molecule is O=C1NCCc2[nH]c3nc(Br)ccc3c21. The molecule has 1 aliphatic rings. The number of H-pyrrole nitrogens is 1. The quantitative estimate of drug-likeness (QED) is 0.712. The molecule has 2 aromatic heterocycles. The van der Waals surface area contributed by atoms with Crippen LogP contribution >= 0.6 is 15.9 Å². The highest BCUT2D eigenvalue weighted by Gasteiger charge is 2.22. The third-order valence-corrected chi connectivity index (χ3v) is 3.03. The van der Waals surface area contributed by atoms with Crippen molar-refractivity contribution < 1.29 is 4.79 Å². The predicted octanol–water partition coefficient (Wildman–Crippen LogP) is 1.61. The van der Waals surface area contributed by atoms with Gasteiger partial charge in [-0.3, -0.25) is 4.79 Å². The Bertz CT molecular complexity index is 561. The third-order valence-electron chi connectivity index (χ3n) is 2.59. The fraction of sp³-hybridized carbons (Fsp3) is 0.200. The summed E-state index contributed by atoms with van der Waals surface area (Å²) in [6.07, 6.45) is 0.842. The van der Waals surface area contributed by atoms with Crippen LogP contribution in [0, 0.1) is 0 Å². The van der Waals surface area contributed by atoms with Crippen LogP contribution in [0.1, 0.15) is 16.1 Å². The van der Waals surface area contributed by atoms with Crippen molar-refractivity contribution in [3.8, 4) is 0 Å². The van der Waals surface area contributed by atoms with Crippen molar-refractivity contribution in [2.45, 2.75) is 6.42 Å². The first-order valence-electron chi connectivity index (χ1n) is 4.71. The Kier molecular flexibility index (Phi) is 1.82. The van der Waals surface area contributed by atoms with Crippen LogP contribution in [0.15, 0.2) is 16.7 Å². The topological polar surface area (TPSA) is 57.8 Å². The minimum Gasteiger partial charge on any atom is -0.352 e. The van der Waals surface area contributed by atoms with Crippen LogP contribution in [0.2, 0.25) is 0 Å². The van der Waals surface area contributed by atoms with Gasteiger partial charge in [0, 0.05) is 24.0 Å². The Hall–Kier alpha value is -1.36. The molecular formula is C10H8BrN3O. The van der Waals surface area contributed by atoms with E-state index in [-0.39, 0.29) is 5.91 Å². The molecule has 0 fully saturated rings. The van der Waals surface area contributed by atoms with E-state index in [2.05, 4.69) is 31.2 Å². The van der Waals surface area contributed by atoms with E-state index in [0.717, 1.165) is 33.3 Å². The van der Waals surface area contributed by atoms with Gasteiger partial charge < -0.3 is 10.3 Å². The van der Waals surface area contributed by atoms with E-state index in [1.165, 1.54) is 0 Å². The molecular weight excluding hydrogens is 258 g/mol. The number of rotatable bonds is 0. The first-order valence-corrected chi connectivity index (χ1v) is 5.50. The maximum atomic E-state index is 11.7. The number of pyridine rings is 1. The molecule has 4 nitrogen and oxygen atoms in total. The van der Waals surface area contributed by atoms with Crippen LogP contribution in [-0.2, 0) is 6.42 Å². The van der Waals surface area contributed by atoms with Crippen LogP contribution in [-0.4, -0.2) is 22.4 Å². The Balaban J connectivity index is 2.36. The van der Waals surface area contributed by atoms with Crippen LogP contribution in [0.3, 0.4) is 0 Å². The molecule has 0 saturated carbocycles. The molecule has 0 bridgehead atoms. The summed E-state index contributed by atoms with van der Waals surface area (Å²) in [5, 5.41) is 3.73. The summed E-state index contributed by atoms with van der Waals surface area (Å²) < 4.78 is 0.772. The number of nitrogens with one attached hydrogen (secondary N) is 2. The van der Waals surface area contributed by atoms with Crippen molar-refractivity contribution in [2.75, 3.05) is 6.54 Å². The lowest BCUT2D eigenvalue weighted by atomic mass is 10.1. The normalized spacial score (nSPS) is 15.1. The van der Waals surface area contributed by atoms with Gasteiger partial charge in [-0.25, -0.2) is 4.98 Å². The third kappa shape index (κ3) is 1.26. The zero-order chi connectivity index (χ0) is 10.4. The maximum Gasteiger partial charge on any atom is 0.253 e. The summed E-state index contributed by atoms with van der Waals surface area (Å²) in [5.74, 6) is -0.00776. The first-order chi connectivity index (χ1) is 7.25. The number of aromatic amines is 1. The summed E-state index contributed by atoms with van der Waals surface area (Å²) in [6.45, 7) is 0.694. The minimum atomic E-state index is -0.00776. The van der Waals surface area contributed by atoms with E-state index in [1.807, 2.05) is 12.1 Å². The molecule has 3 heterocycles. The molecule has 3 rings (SSSR count). The van der Waals surface area contributed by atoms with Crippen molar-refractivity contribution in [3.05, 3.63) is 28.0 Å². The summed E-state index contributed by atoms with van der Waals surface area (Å²) >= 11 is 3.31. The van der Waals surface area contributed by atoms with Crippen molar-refractivity contribution in [1.82, 2.24) is 15.3 Å². The summed E-state index contributed by atoms with van der Waals surface area (Å²) in [5.41, 5.74) is 2.50. The lowest BCUT2D eigenvalue weighted by Crippen LogP contribution is -2.31. The standard InChI is InChI=1S/C10H8BrN3O/c11-7-2-1-5-8-6(13-9(5)14-7)3-4-12-10(8)15/h1-2H,3-4H2,(H,12,15)(H,13,14). The molecule has 1 amide bonds. The predicted molar refractivity (Wildman–Crippen MR) is 59.8 cm³/mol. The molecule has 0 spiro atoms. The van der Waals surface area contributed by atoms with Gasteiger partial charge in [0.15, 0.2) is 0 Å². The zero-order valence-electron chi connectivity index (χ0n) is 7.80. The van der Waals surface area contributed by atoms with E-state index in [1.54, 1.807) is 0 Å². The highest BCUT2D eigenvalue weighted by molar-refractivity contribution is 9.10. The monoisotopic (exact) mass is 265 g/mol. The molecule has 0 aliphatic carbocycles. The van der Waals surface area contributed by atoms with Gasteiger partial charge in [-0.05, 0) is 28.1 Å². The second kappa shape index (κ2) is 3.06. The number of aromatic nitrogens is 2. The van der Waals surface area contributed by atoms with Crippen molar-refractivity contribution in [3.63, 3.8) is 0 Å². The number of halogens is 1. The van der Waals surface area contributed by atoms with Crippen LogP contribution < -0.4 is 5.32 Å². The lowest BCUT2D eigenvalue weighted by molar-refractivity contribution is 0.0947. The van der Waals surface area contributed by atoms with Gasteiger partial charge in [0.1, 0.15) is 10.3 Å². The summed E-state index contributed by atoms with van der Waals surface area (Å²) in [6, 6.07) is 3.75. The average molecular weight is 266 g/mol. The van der Waals surface area contributed by atoms with Crippen LogP contribution in [0.25, 0.3) is 11.0 Å². The molecule has 0 unspecified atom stereocenters. The highest BCUT2D eigenvalue weighted by Crippen LogP contribution is 2.24. The maximum absolute atomic E-state index is 11.7. The van der Waals surface area contributed by atoms with Gasteiger partial charge in [-0.1, -0.05) is 0 Å². The highest BCUT2D eigenvalue weighted by atomic mass is 79.9. The largest absolute Gasteiger partial charge is 0.352 e. The number of hydrogen-bond donors (Lipinski definition) is 2. The van der Waals surface area contributed by atoms with E-state index < -0.39 is 0 Å². The van der Waals surface area contributed by atoms with E-state index in [0.29, 0.717) is 6.54 Å². The summed E-state index contributed by atoms with van der Waals surface area (Å²) in [7, 11) is 0. The molecule has 0 aromatic carbocycles. The number of nitrogens with zero attached hydrogens (tertiary/aromatic N) is 1.